The van der Waals surface area contributed by atoms with Gasteiger partial charge in [-0.1, -0.05) is 0 Å². The van der Waals surface area contributed by atoms with Gasteiger partial charge in [-0.05, 0) is 28.6 Å². The van der Waals surface area contributed by atoms with Crippen molar-refractivity contribution in [2.24, 2.45) is 0 Å². The number of carboxylic acids is 1. The van der Waals surface area contributed by atoms with Crippen LogP contribution in [0.25, 0.3) is 11.4 Å². The van der Waals surface area contributed by atoms with Crippen LogP contribution >= 0.6 is 0 Å². The molecular weight excluding hydrogens is 198 g/mol. The molecule has 0 aliphatic rings. The number of rotatable bonds is 2. The van der Waals surface area contributed by atoms with Gasteiger partial charge in [-0.2, -0.15) is 0 Å². The largest absolute Gasteiger partial charge is 0.478 e. The molecule has 2 rings (SSSR count). The fourth-order valence-electron chi connectivity index (χ4n) is 1.22. The monoisotopic (exact) mass is 205 g/mol. The third-order valence-electron chi connectivity index (χ3n) is 1.87. The fraction of sp³-hybridized carbons (Fsp3) is 0. The molecule has 0 unspecified atom stereocenters. The number of nitrogen functional groups attached to an aromatic ring is 1. The highest BCUT2D eigenvalue weighted by Crippen LogP contribution is 2.22. The van der Waals surface area contributed by atoms with Crippen LogP contribution in [0.3, 0.4) is 0 Å². The first-order valence-corrected chi connectivity index (χ1v) is 4.05. The van der Waals surface area contributed by atoms with Gasteiger partial charge in [0.2, 0.25) is 0 Å². The summed E-state index contributed by atoms with van der Waals surface area (Å²) < 4.78 is 0. The Bertz CT molecular complexity index is 494. The highest BCUT2D eigenvalue weighted by atomic mass is 16.4. The normalized spacial score (nSPS) is 10.1. The maximum atomic E-state index is 10.9. The van der Waals surface area contributed by atoms with E-state index in [9.17, 15) is 4.79 Å². The van der Waals surface area contributed by atoms with Crippen LogP contribution in [0.2, 0.25) is 0 Å². The smallest absolute Gasteiger partial charge is 0.336 e. The lowest BCUT2D eigenvalue weighted by Crippen LogP contribution is -2.01. The molecule has 0 atom stereocenters. The summed E-state index contributed by atoms with van der Waals surface area (Å²) in [5.41, 5.74) is 6.48. The number of carbonyl (C=O) groups is 1. The van der Waals surface area contributed by atoms with Gasteiger partial charge >= 0.3 is 5.97 Å². The maximum absolute atomic E-state index is 10.9. The summed E-state index contributed by atoms with van der Waals surface area (Å²) in [6.07, 6.45) is 0. The Morgan fingerprint density at radius 3 is 2.87 bits per heavy atom. The predicted octanol–water partition coefficient (Wildman–Crippen LogP) is 0.147. The van der Waals surface area contributed by atoms with Gasteiger partial charge in [0.25, 0.3) is 0 Å². The molecule has 0 aliphatic carbocycles. The van der Waals surface area contributed by atoms with Crippen LogP contribution < -0.4 is 5.73 Å². The number of nitrogens with one attached hydrogen (secondary N) is 1. The molecule has 0 aliphatic heterocycles. The number of aromatic nitrogens is 4. The lowest BCUT2D eigenvalue weighted by Gasteiger charge is -2.02. The van der Waals surface area contributed by atoms with E-state index in [0.717, 1.165) is 0 Å². The van der Waals surface area contributed by atoms with E-state index < -0.39 is 5.97 Å². The van der Waals surface area contributed by atoms with Crippen LogP contribution in [0.5, 0.6) is 0 Å². The molecular formula is C8H7N5O2. The van der Waals surface area contributed by atoms with Crippen molar-refractivity contribution in [1.29, 1.82) is 0 Å². The average Bonchev–Trinajstić information content (AvgIpc) is 2.69. The first-order chi connectivity index (χ1) is 7.18. The Kier molecular flexibility index (Phi) is 2.05. The molecule has 0 fully saturated rings. The van der Waals surface area contributed by atoms with Crippen molar-refractivity contribution >= 4 is 11.7 Å². The van der Waals surface area contributed by atoms with Gasteiger partial charge in [0, 0.05) is 11.3 Å². The van der Waals surface area contributed by atoms with E-state index >= 15 is 0 Å². The van der Waals surface area contributed by atoms with Crippen molar-refractivity contribution < 1.29 is 9.90 Å². The summed E-state index contributed by atoms with van der Waals surface area (Å²) in [6, 6.07) is 4.43. The molecule has 1 aromatic carbocycles. The van der Waals surface area contributed by atoms with Crippen LogP contribution in [0.15, 0.2) is 18.2 Å². The molecule has 15 heavy (non-hydrogen) atoms. The SMILES string of the molecule is Nc1ccc(C(=O)O)c(-c2nnn[nH]2)c1. The third-order valence-corrected chi connectivity index (χ3v) is 1.87. The number of aromatic amines is 1. The molecule has 0 spiro atoms. The highest BCUT2D eigenvalue weighted by molar-refractivity contribution is 5.95. The van der Waals surface area contributed by atoms with Crippen molar-refractivity contribution in [3.63, 3.8) is 0 Å². The second kappa shape index (κ2) is 3.37. The molecule has 1 heterocycles. The molecule has 0 bridgehead atoms. The Balaban J connectivity index is 2.63. The van der Waals surface area contributed by atoms with E-state index in [-0.39, 0.29) is 11.4 Å². The quantitative estimate of drug-likeness (QED) is 0.600. The lowest BCUT2D eigenvalue weighted by molar-refractivity contribution is 0.0697. The molecule has 1 aromatic heterocycles. The first kappa shape index (κ1) is 9.13. The number of anilines is 1. The average molecular weight is 205 g/mol. The first-order valence-electron chi connectivity index (χ1n) is 4.05. The van der Waals surface area contributed by atoms with Crippen LogP contribution in [0, 0.1) is 0 Å². The van der Waals surface area contributed by atoms with E-state index in [0.29, 0.717) is 11.3 Å². The number of aromatic carboxylic acids is 1. The van der Waals surface area contributed by atoms with Gasteiger partial charge in [-0.15, -0.1) is 5.10 Å². The second-order valence-corrected chi connectivity index (χ2v) is 2.86. The zero-order chi connectivity index (χ0) is 10.8. The minimum atomic E-state index is -1.05. The van der Waals surface area contributed by atoms with Crippen LogP contribution in [-0.2, 0) is 0 Å². The van der Waals surface area contributed by atoms with E-state index in [4.69, 9.17) is 10.8 Å². The van der Waals surface area contributed by atoms with Gasteiger partial charge < -0.3 is 10.8 Å². The Hall–Kier alpha value is -2.44. The van der Waals surface area contributed by atoms with Crippen LogP contribution in [0.4, 0.5) is 5.69 Å². The third kappa shape index (κ3) is 1.62. The summed E-state index contributed by atoms with van der Waals surface area (Å²) in [6.45, 7) is 0. The number of nitrogens with zero attached hydrogens (tertiary/aromatic N) is 3. The number of benzene rings is 1. The van der Waals surface area contributed by atoms with Gasteiger partial charge in [0.1, 0.15) is 0 Å². The molecule has 0 saturated heterocycles. The zero-order valence-corrected chi connectivity index (χ0v) is 7.51. The Labute approximate surface area is 83.9 Å². The van der Waals surface area contributed by atoms with E-state index in [1.54, 1.807) is 0 Å². The van der Waals surface area contributed by atoms with Gasteiger partial charge in [-0.3, -0.25) is 0 Å². The molecule has 7 heteroatoms. The summed E-state index contributed by atoms with van der Waals surface area (Å²) in [5.74, 6) is -0.777. The predicted molar refractivity (Wildman–Crippen MR) is 51.0 cm³/mol. The summed E-state index contributed by atoms with van der Waals surface area (Å²) in [7, 11) is 0. The number of nitrogens with two attached hydrogens (primary N) is 1. The molecule has 4 N–H and O–H groups in total. The van der Waals surface area contributed by atoms with Crippen LogP contribution in [0.1, 0.15) is 10.4 Å². The number of tetrazole rings is 1. The number of H-pyrrole nitrogens is 1. The molecule has 0 radical (unpaired) electrons. The van der Waals surface area contributed by atoms with Crippen molar-refractivity contribution in [3.8, 4) is 11.4 Å². The molecule has 76 valence electrons. The summed E-state index contributed by atoms with van der Waals surface area (Å²) >= 11 is 0. The Morgan fingerprint density at radius 1 is 1.47 bits per heavy atom. The number of carboxylic acid groups (broad SMARTS) is 1. The number of hydrogen-bond donors (Lipinski definition) is 3. The van der Waals surface area contributed by atoms with Crippen molar-refractivity contribution in [2.75, 3.05) is 5.73 Å². The van der Waals surface area contributed by atoms with Gasteiger partial charge in [-0.25, -0.2) is 9.89 Å². The Morgan fingerprint density at radius 2 is 2.27 bits per heavy atom. The van der Waals surface area contributed by atoms with E-state index in [1.807, 2.05) is 0 Å². The second-order valence-electron chi connectivity index (χ2n) is 2.86. The molecule has 0 amide bonds. The molecule has 0 saturated carbocycles. The van der Waals surface area contributed by atoms with Crippen molar-refractivity contribution in [2.45, 2.75) is 0 Å². The van der Waals surface area contributed by atoms with Crippen LogP contribution in [-0.4, -0.2) is 31.7 Å². The summed E-state index contributed by atoms with van der Waals surface area (Å²) in [4.78, 5) is 10.9. The van der Waals surface area contributed by atoms with Crippen molar-refractivity contribution in [3.05, 3.63) is 23.8 Å². The molecule has 7 nitrogen and oxygen atoms in total. The lowest BCUT2D eigenvalue weighted by atomic mass is 10.1. The minimum absolute atomic E-state index is 0.0998. The van der Waals surface area contributed by atoms with E-state index in [1.165, 1.54) is 18.2 Å². The van der Waals surface area contributed by atoms with Gasteiger partial charge in [0.15, 0.2) is 5.82 Å². The zero-order valence-electron chi connectivity index (χ0n) is 7.51. The maximum Gasteiger partial charge on any atom is 0.336 e. The number of hydrogen-bond acceptors (Lipinski definition) is 5. The minimum Gasteiger partial charge on any atom is -0.478 e. The van der Waals surface area contributed by atoms with E-state index in [2.05, 4.69) is 20.6 Å². The summed E-state index contributed by atoms with van der Waals surface area (Å²) in [5, 5.41) is 21.8. The fourth-order valence-corrected chi connectivity index (χ4v) is 1.22. The van der Waals surface area contributed by atoms with Gasteiger partial charge in [0.05, 0.1) is 5.56 Å². The van der Waals surface area contributed by atoms with Crippen molar-refractivity contribution in [1.82, 2.24) is 20.6 Å². The molecule has 2 aromatic rings. The standard InChI is InChI=1S/C8H7N5O2/c9-4-1-2-5(8(14)15)6(3-4)7-10-12-13-11-7/h1-3H,9H2,(H,14,15)(H,10,11,12,13). The highest BCUT2D eigenvalue weighted by Gasteiger charge is 2.14. The topological polar surface area (TPSA) is 118 Å².